The van der Waals surface area contributed by atoms with Gasteiger partial charge in [-0.2, -0.15) is 21.0 Å². The summed E-state index contributed by atoms with van der Waals surface area (Å²) in [5.74, 6) is 0.706. The number of nitrogens with one attached hydrogen (secondary N) is 1. The molecule has 3 aromatic rings. The second-order valence-electron chi connectivity index (χ2n) is 7.06. The summed E-state index contributed by atoms with van der Waals surface area (Å²) >= 11 is 0. The molecule has 0 aliphatic rings. The predicted octanol–water partition coefficient (Wildman–Crippen LogP) is 5.11. The zero-order chi connectivity index (χ0) is 24.2. The molecule has 3 rings (SSSR count). The monoisotopic (exact) mass is 441 g/mol. The molecule has 34 heavy (non-hydrogen) atoms. The van der Waals surface area contributed by atoms with Crippen molar-refractivity contribution in [3.63, 3.8) is 0 Å². The SMILES string of the molecule is N#CC(C#N)=C(NCCc1ccc(OC(=C(C#N)C#N)c2ccccc2)cc1)c1ccccc1. The Morgan fingerprint density at radius 1 is 0.647 bits per heavy atom. The Morgan fingerprint density at radius 3 is 1.71 bits per heavy atom. The molecule has 0 saturated heterocycles. The summed E-state index contributed by atoms with van der Waals surface area (Å²) < 4.78 is 5.90. The minimum Gasteiger partial charge on any atom is -0.455 e. The molecule has 3 aromatic carbocycles. The van der Waals surface area contributed by atoms with Crippen LogP contribution >= 0.6 is 0 Å². The van der Waals surface area contributed by atoms with E-state index in [4.69, 9.17) is 4.74 Å². The Labute approximate surface area is 198 Å². The van der Waals surface area contributed by atoms with Crippen molar-refractivity contribution in [2.45, 2.75) is 6.42 Å². The lowest BCUT2D eigenvalue weighted by Crippen LogP contribution is -2.17. The van der Waals surface area contributed by atoms with Crippen LogP contribution < -0.4 is 10.1 Å². The molecule has 1 N–H and O–H groups in total. The lowest BCUT2D eigenvalue weighted by molar-refractivity contribution is 0.513. The Balaban J connectivity index is 1.72. The van der Waals surface area contributed by atoms with Crippen LogP contribution in [0.2, 0.25) is 0 Å². The highest BCUT2D eigenvalue weighted by Crippen LogP contribution is 2.24. The molecule has 0 amide bonds. The quantitative estimate of drug-likeness (QED) is 0.383. The molecule has 0 fully saturated rings. The van der Waals surface area contributed by atoms with Crippen LogP contribution in [0.15, 0.2) is 96.1 Å². The summed E-state index contributed by atoms with van der Waals surface area (Å²) in [6.45, 7) is 0.513. The second kappa shape index (κ2) is 11.9. The van der Waals surface area contributed by atoms with Gasteiger partial charge in [0.2, 0.25) is 0 Å². The molecule has 0 bridgehead atoms. The summed E-state index contributed by atoms with van der Waals surface area (Å²) in [5.41, 5.74) is 2.85. The molecule has 0 unspecified atom stereocenters. The molecule has 0 heterocycles. The summed E-state index contributed by atoms with van der Waals surface area (Å²) in [5, 5.41) is 40.5. The second-order valence-corrected chi connectivity index (χ2v) is 7.06. The van der Waals surface area contributed by atoms with Crippen LogP contribution in [-0.4, -0.2) is 6.54 Å². The molecule has 0 spiro atoms. The van der Waals surface area contributed by atoms with Crippen molar-refractivity contribution in [1.82, 2.24) is 5.32 Å². The van der Waals surface area contributed by atoms with Gasteiger partial charge < -0.3 is 10.1 Å². The summed E-state index contributed by atoms with van der Waals surface area (Å²) in [4.78, 5) is 0. The topological polar surface area (TPSA) is 116 Å². The minimum atomic E-state index is -0.106. The van der Waals surface area contributed by atoms with Crippen molar-refractivity contribution in [3.05, 3.63) is 113 Å². The average molecular weight is 441 g/mol. The zero-order valence-corrected chi connectivity index (χ0v) is 18.2. The van der Waals surface area contributed by atoms with Crippen molar-refractivity contribution in [1.29, 1.82) is 21.0 Å². The lowest BCUT2D eigenvalue weighted by Gasteiger charge is -2.13. The number of nitrogens with zero attached hydrogens (tertiary/aromatic N) is 4. The molecule has 0 aromatic heterocycles. The standard InChI is InChI=1S/C28H19N5O/c29-17-24(18-30)27(22-7-3-1-4-8-22)33-16-15-21-11-13-26(14-12-21)34-28(25(19-31)20-32)23-9-5-2-6-10-23/h1-14,33H,15-16H2. The van der Waals surface area contributed by atoms with Crippen molar-refractivity contribution in [2.24, 2.45) is 0 Å². The minimum absolute atomic E-state index is 0.0287. The van der Waals surface area contributed by atoms with E-state index in [1.807, 2.05) is 84.9 Å². The van der Waals surface area contributed by atoms with Gasteiger partial charge in [0.05, 0.1) is 5.70 Å². The van der Waals surface area contributed by atoms with E-state index in [1.165, 1.54) is 0 Å². The molecule has 6 nitrogen and oxygen atoms in total. The van der Waals surface area contributed by atoms with Crippen LogP contribution in [0, 0.1) is 45.3 Å². The van der Waals surface area contributed by atoms with Gasteiger partial charge in [-0.05, 0) is 29.7 Å². The maximum Gasteiger partial charge on any atom is 0.172 e. The predicted molar refractivity (Wildman–Crippen MR) is 128 cm³/mol. The molecule has 162 valence electrons. The molecule has 0 aliphatic heterocycles. The zero-order valence-electron chi connectivity index (χ0n) is 18.2. The molecule has 0 radical (unpaired) electrons. The Hall–Kier alpha value is -5.30. The summed E-state index contributed by atoms with van der Waals surface area (Å²) in [6, 6.07) is 33.3. The third-order valence-electron chi connectivity index (χ3n) is 4.88. The number of rotatable bonds is 8. The Bertz CT molecular complexity index is 1330. The van der Waals surface area contributed by atoms with Crippen molar-refractivity contribution < 1.29 is 4.74 Å². The number of allylic oxidation sites excluding steroid dienone is 2. The van der Waals surface area contributed by atoms with Gasteiger partial charge in [-0.3, -0.25) is 0 Å². The first-order chi connectivity index (χ1) is 16.7. The third-order valence-corrected chi connectivity index (χ3v) is 4.88. The van der Waals surface area contributed by atoms with Gasteiger partial charge in [0, 0.05) is 12.1 Å². The molecule has 0 aliphatic carbocycles. The van der Waals surface area contributed by atoms with E-state index in [-0.39, 0.29) is 16.9 Å². The number of ether oxygens (including phenoxy) is 1. The fourth-order valence-corrected chi connectivity index (χ4v) is 3.22. The van der Waals surface area contributed by atoms with Gasteiger partial charge >= 0.3 is 0 Å². The van der Waals surface area contributed by atoms with E-state index in [0.717, 1.165) is 11.1 Å². The highest BCUT2D eigenvalue weighted by atomic mass is 16.5. The fraction of sp³-hybridized carbons (Fsp3) is 0.0714. The number of nitriles is 4. The molecule has 0 saturated carbocycles. The van der Waals surface area contributed by atoms with E-state index < -0.39 is 0 Å². The van der Waals surface area contributed by atoms with Crippen LogP contribution in [-0.2, 0) is 6.42 Å². The third kappa shape index (κ3) is 5.89. The summed E-state index contributed by atoms with van der Waals surface area (Å²) in [7, 11) is 0. The molecule has 6 heteroatoms. The van der Waals surface area contributed by atoms with Crippen molar-refractivity contribution in [2.75, 3.05) is 6.54 Å². The summed E-state index contributed by atoms with van der Waals surface area (Å²) in [6.07, 6.45) is 0.643. The highest BCUT2D eigenvalue weighted by molar-refractivity contribution is 5.74. The van der Waals surface area contributed by atoms with Crippen LogP contribution in [0.4, 0.5) is 0 Å². The maximum atomic E-state index is 9.32. The van der Waals surface area contributed by atoms with E-state index in [1.54, 1.807) is 24.3 Å². The van der Waals surface area contributed by atoms with Gasteiger partial charge in [0.15, 0.2) is 16.9 Å². The largest absolute Gasteiger partial charge is 0.455 e. The first-order valence-electron chi connectivity index (χ1n) is 10.4. The lowest BCUT2D eigenvalue weighted by atomic mass is 10.1. The van der Waals surface area contributed by atoms with Crippen molar-refractivity contribution >= 4 is 11.5 Å². The maximum absolute atomic E-state index is 9.32. The van der Waals surface area contributed by atoms with Gasteiger partial charge in [-0.1, -0.05) is 72.8 Å². The molecular weight excluding hydrogens is 422 g/mol. The highest BCUT2D eigenvalue weighted by Gasteiger charge is 2.12. The molecule has 0 atom stereocenters. The number of hydrogen-bond acceptors (Lipinski definition) is 6. The first kappa shape index (κ1) is 23.4. The van der Waals surface area contributed by atoms with Gasteiger partial charge in [-0.15, -0.1) is 0 Å². The Morgan fingerprint density at radius 2 is 1.18 bits per heavy atom. The average Bonchev–Trinajstić information content (AvgIpc) is 2.90. The Kier molecular flexibility index (Phi) is 8.19. The van der Waals surface area contributed by atoms with Gasteiger partial charge in [-0.25, -0.2) is 0 Å². The van der Waals surface area contributed by atoms with E-state index in [9.17, 15) is 21.0 Å². The van der Waals surface area contributed by atoms with Crippen LogP contribution in [0.1, 0.15) is 16.7 Å². The van der Waals surface area contributed by atoms with Gasteiger partial charge in [0.25, 0.3) is 0 Å². The smallest absolute Gasteiger partial charge is 0.172 e. The van der Waals surface area contributed by atoms with Crippen LogP contribution in [0.5, 0.6) is 5.75 Å². The number of benzene rings is 3. The van der Waals surface area contributed by atoms with Crippen LogP contribution in [0.25, 0.3) is 11.5 Å². The van der Waals surface area contributed by atoms with E-state index in [0.29, 0.717) is 30.0 Å². The van der Waals surface area contributed by atoms with E-state index in [2.05, 4.69) is 5.32 Å². The normalized spacial score (nSPS) is 9.29. The van der Waals surface area contributed by atoms with Crippen LogP contribution in [0.3, 0.4) is 0 Å². The fourth-order valence-electron chi connectivity index (χ4n) is 3.22. The molecular formula is C28H19N5O. The van der Waals surface area contributed by atoms with Gasteiger partial charge in [0.1, 0.15) is 30.0 Å². The van der Waals surface area contributed by atoms with Crippen molar-refractivity contribution in [3.8, 4) is 30.0 Å². The van der Waals surface area contributed by atoms with E-state index >= 15 is 0 Å². The number of hydrogen-bond donors (Lipinski definition) is 1. The first-order valence-corrected chi connectivity index (χ1v) is 10.4.